The Morgan fingerprint density at radius 1 is 1.24 bits per heavy atom. The van der Waals surface area contributed by atoms with Crippen LogP contribution < -0.4 is 5.73 Å². The minimum Gasteiger partial charge on any atom is -0.397 e. The van der Waals surface area contributed by atoms with Crippen LogP contribution in [0.15, 0.2) is 36.4 Å². The maximum atomic E-state index is 6.07. The van der Waals surface area contributed by atoms with Gasteiger partial charge in [-0.2, -0.15) is 0 Å². The molecule has 3 N–H and O–H groups in total. The average molecular weight is 298 g/mol. The average Bonchev–Trinajstić information content (AvgIpc) is 2.90. The number of nitrogens with two attached hydrogens (primary N) is 1. The van der Waals surface area contributed by atoms with Crippen LogP contribution in [0.25, 0.3) is 11.0 Å². The summed E-state index contributed by atoms with van der Waals surface area (Å²) in [6, 6.07) is 12.3. The standard InChI is InChI=1S/C17H16ClN3/c18-11-8-14(19)16-15(9-11)20-17(21-16)13-7-3-5-10-4-1-2-6-12(10)13/h1-2,4,6,8-9,13H,3,5,7,19H2,(H,20,21). The van der Waals surface area contributed by atoms with Crippen molar-refractivity contribution in [3.05, 3.63) is 58.4 Å². The molecular formula is C17H16ClN3. The molecule has 21 heavy (non-hydrogen) atoms. The first-order valence-electron chi connectivity index (χ1n) is 7.25. The summed E-state index contributed by atoms with van der Waals surface area (Å²) in [7, 11) is 0. The molecule has 1 heterocycles. The predicted octanol–water partition coefficient (Wildman–Crippen LogP) is 4.27. The molecule has 0 fully saturated rings. The molecule has 0 saturated heterocycles. The molecule has 1 aliphatic rings. The predicted molar refractivity (Wildman–Crippen MR) is 86.7 cm³/mol. The lowest BCUT2D eigenvalue weighted by Gasteiger charge is -2.23. The summed E-state index contributed by atoms with van der Waals surface area (Å²) in [6.45, 7) is 0. The fourth-order valence-corrected chi connectivity index (χ4v) is 3.56. The van der Waals surface area contributed by atoms with Crippen molar-refractivity contribution >= 4 is 28.3 Å². The highest BCUT2D eigenvalue weighted by molar-refractivity contribution is 6.31. The van der Waals surface area contributed by atoms with Crippen molar-refractivity contribution in [2.24, 2.45) is 0 Å². The van der Waals surface area contributed by atoms with Crippen molar-refractivity contribution < 1.29 is 0 Å². The molecule has 4 heteroatoms. The fraction of sp³-hybridized carbons (Fsp3) is 0.235. The van der Waals surface area contributed by atoms with Gasteiger partial charge in [-0.05, 0) is 42.5 Å². The Balaban J connectivity index is 1.86. The Morgan fingerprint density at radius 2 is 2.10 bits per heavy atom. The SMILES string of the molecule is Nc1cc(Cl)cc2[nH]c(C3CCCc4ccccc43)nc12. The van der Waals surface area contributed by atoms with Crippen molar-refractivity contribution in [3.63, 3.8) is 0 Å². The Labute approximate surface area is 128 Å². The molecule has 0 aliphatic heterocycles. The Morgan fingerprint density at radius 3 is 3.00 bits per heavy atom. The molecular weight excluding hydrogens is 282 g/mol. The van der Waals surface area contributed by atoms with E-state index in [1.165, 1.54) is 17.5 Å². The number of nitrogens with one attached hydrogen (secondary N) is 1. The lowest BCUT2D eigenvalue weighted by molar-refractivity contribution is 0.596. The van der Waals surface area contributed by atoms with Crippen LogP contribution in [0.3, 0.4) is 0 Å². The van der Waals surface area contributed by atoms with E-state index in [1.54, 1.807) is 6.07 Å². The van der Waals surface area contributed by atoms with Crippen molar-refractivity contribution in [2.45, 2.75) is 25.2 Å². The van der Waals surface area contributed by atoms with Gasteiger partial charge in [0.15, 0.2) is 0 Å². The third-order valence-electron chi connectivity index (χ3n) is 4.30. The van der Waals surface area contributed by atoms with Gasteiger partial charge in [0.2, 0.25) is 0 Å². The highest BCUT2D eigenvalue weighted by atomic mass is 35.5. The van der Waals surface area contributed by atoms with Crippen LogP contribution in [0.2, 0.25) is 5.02 Å². The highest BCUT2D eigenvalue weighted by Crippen LogP contribution is 2.36. The normalized spacial score (nSPS) is 17.9. The summed E-state index contributed by atoms with van der Waals surface area (Å²) in [4.78, 5) is 8.15. The number of fused-ring (bicyclic) bond motifs is 2. The molecule has 3 aromatic rings. The lowest BCUT2D eigenvalue weighted by Crippen LogP contribution is -2.12. The molecule has 1 unspecified atom stereocenters. The summed E-state index contributed by atoms with van der Waals surface area (Å²) in [5.74, 6) is 1.31. The highest BCUT2D eigenvalue weighted by Gasteiger charge is 2.24. The van der Waals surface area contributed by atoms with Gasteiger partial charge in [0.05, 0.1) is 11.2 Å². The van der Waals surface area contributed by atoms with Gasteiger partial charge < -0.3 is 10.7 Å². The van der Waals surface area contributed by atoms with E-state index in [1.807, 2.05) is 6.07 Å². The molecule has 106 valence electrons. The second-order valence-electron chi connectivity index (χ2n) is 5.66. The fourth-order valence-electron chi connectivity index (χ4n) is 3.33. The van der Waals surface area contributed by atoms with E-state index >= 15 is 0 Å². The minimum atomic E-state index is 0.320. The Kier molecular flexibility index (Phi) is 2.89. The van der Waals surface area contributed by atoms with Crippen LogP contribution in [0, 0.1) is 0 Å². The molecule has 0 saturated carbocycles. The quantitative estimate of drug-likeness (QED) is 0.659. The molecule has 0 amide bonds. The smallest absolute Gasteiger partial charge is 0.114 e. The lowest BCUT2D eigenvalue weighted by atomic mass is 9.82. The Bertz CT molecular complexity index is 822. The zero-order chi connectivity index (χ0) is 14.4. The molecule has 1 aliphatic carbocycles. The van der Waals surface area contributed by atoms with E-state index in [9.17, 15) is 0 Å². The summed E-state index contributed by atoms with van der Waals surface area (Å²) in [6.07, 6.45) is 3.46. The van der Waals surface area contributed by atoms with Crippen LogP contribution in [0.4, 0.5) is 5.69 Å². The van der Waals surface area contributed by atoms with Crippen molar-refractivity contribution in [1.82, 2.24) is 9.97 Å². The number of aromatic nitrogens is 2. The topological polar surface area (TPSA) is 54.7 Å². The van der Waals surface area contributed by atoms with E-state index in [0.717, 1.165) is 29.7 Å². The number of benzene rings is 2. The maximum absolute atomic E-state index is 6.07. The third-order valence-corrected chi connectivity index (χ3v) is 4.52. The van der Waals surface area contributed by atoms with Crippen LogP contribution in [-0.4, -0.2) is 9.97 Å². The molecule has 1 atom stereocenters. The van der Waals surface area contributed by atoms with E-state index in [0.29, 0.717) is 16.6 Å². The number of nitrogens with zero attached hydrogens (tertiary/aromatic N) is 1. The van der Waals surface area contributed by atoms with E-state index in [-0.39, 0.29) is 0 Å². The largest absolute Gasteiger partial charge is 0.397 e. The summed E-state index contributed by atoms with van der Waals surface area (Å²) in [5.41, 5.74) is 11.2. The second kappa shape index (κ2) is 4.78. The third kappa shape index (κ3) is 2.09. The van der Waals surface area contributed by atoms with Gasteiger partial charge in [-0.3, -0.25) is 0 Å². The summed E-state index contributed by atoms with van der Waals surface area (Å²) < 4.78 is 0. The molecule has 0 radical (unpaired) electrons. The maximum Gasteiger partial charge on any atom is 0.114 e. The number of nitrogen functional groups attached to an aromatic ring is 1. The number of hydrogen-bond donors (Lipinski definition) is 2. The molecule has 3 nitrogen and oxygen atoms in total. The van der Waals surface area contributed by atoms with Gasteiger partial charge in [-0.15, -0.1) is 0 Å². The van der Waals surface area contributed by atoms with Crippen molar-refractivity contribution in [2.75, 3.05) is 5.73 Å². The van der Waals surface area contributed by atoms with Crippen molar-refractivity contribution in [1.29, 1.82) is 0 Å². The number of imidazole rings is 1. The number of H-pyrrole nitrogens is 1. The first-order valence-corrected chi connectivity index (χ1v) is 7.62. The molecule has 0 bridgehead atoms. The first-order chi connectivity index (χ1) is 10.2. The van der Waals surface area contributed by atoms with Crippen LogP contribution in [0.5, 0.6) is 0 Å². The number of halogens is 1. The van der Waals surface area contributed by atoms with E-state index in [2.05, 4.69) is 29.2 Å². The van der Waals surface area contributed by atoms with Gasteiger partial charge in [-0.1, -0.05) is 35.9 Å². The minimum absolute atomic E-state index is 0.320. The van der Waals surface area contributed by atoms with Gasteiger partial charge in [0.1, 0.15) is 11.3 Å². The van der Waals surface area contributed by atoms with Gasteiger partial charge in [0.25, 0.3) is 0 Å². The van der Waals surface area contributed by atoms with Gasteiger partial charge in [-0.25, -0.2) is 4.98 Å². The zero-order valence-corrected chi connectivity index (χ0v) is 12.3. The van der Waals surface area contributed by atoms with E-state index in [4.69, 9.17) is 22.3 Å². The van der Waals surface area contributed by atoms with Crippen LogP contribution >= 0.6 is 11.6 Å². The van der Waals surface area contributed by atoms with E-state index < -0.39 is 0 Å². The Hall–Kier alpha value is -2.00. The number of aromatic amines is 1. The molecule has 4 rings (SSSR count). The number of rotatable bonds is 1. The molecule has 0 spiro atoms. The van der Waals surface area contributed by atoms with Crippen LogP contribution in [0.1, 0.15) is 35.7 Å². The second-order valence-corrected chi connectivity index (χ2v) is 6.09. The number of hydrogen-bond acceptors (Lipinski definition) is 2. The molecule has 2 aromatic carbocycles. The van der Waals surface area contributed by atoms with Crippen molar-refractivity contribution in [3.8, 4) is 0 Å². The van der Waals surface area contributed by atoms with Gasteiger partial charge >= 0.3 is 0 Å². The van der Waals surface area contributed by atoms with Gasteiger partial charge in [0, 0.05) is 10.9 Å². The number of anilines is 1. The monoisotopic (exact) mass is 297 g/mol. The summed E-state index contributed by atoms with van der Waals surface area (Å²) >= 11 is 6.07. The zero-order valence-electron chi connectivity index (χ0n) is 11.6. The molecule has 1 aromatic heterocycles. The number of aryl methyl sites for hydroxylation is 1. The van der Waals surface area contributed by atoms with Crippen LogP contribution in [-0.2, 0) is 6.42 Å². The summed E-state index contributed by atoms with van der Waals surface area (Å²) in [5, 5.41) is 0.638. The first kappa shape index (κ1) is 12.7.